The van der Waals surface area contributed by atoms with Crippen molar-refractivity contribution in [2.45, 2.75) is 33.1 Å². The molecule has 0 unspecified atom stereocenters. The summed E-state index contributed by atoms with van der Waals surface area (Å²) in [6, 6.07) is 8.19. The van der Waals surface area contributed by atoms with Crippen molar-refractivity contribution in [2.24, 2.45) is 4.99 Å². The quantitative estimate of drug-likeness (QED) is 0.334. The molecule has 1 aromatic rings. The first kappa shape index (κ1) is 19.1. The normalized spacial score (nSPS) is 14.6. The second-order valence-electron chi connectivity index (χ2n) is 5.44. The lowest BCUT2D eigenvalue weighted by Crippen LogP contribution is -2.39. The Morgan fingerprint density at radius 3 is 2.55 bits per heavy atom. The summed E-state index contributed by atoms with van der Waals surface area (Å²) >= 11 is 0. The number of nitrogens with zero attached hydrogens (tertiary/aromatic N) is 2. The third-order valence-electron chi connectivity index (χ3n) is 3.59. The van der Waals surface area contributed by atoms with Crippen LogP contribution < -0.4 is 10.1 Å². The lowest BCUT2D eigenvalue weighted by Gasteiger charge is -2.20. The van der Waals surface area contributed by atoms with E-state index < -0.39 is 0 Å². The van der Waals surface area contributed by atoms with Crippen LogP contribution in [0.4, 0.5) is 0 Å². The molecule has 1 aromatic carbocycles. The lowest BCUT2D eigenvalue weighted by atomic mass is 10.2. The molecule has 0 atom stereocenters. The van der Waals surface area contributed by atoms with Crippen LogP contribution in [0.1, 0.15) is 31.7 Å². The summed E-state index contributed by atoms with van der Waals surface area (Å²) in [6.07, 6.45) is 3.50. The van der Waals surface area contributed by atoms with E-state index in [0.29, 0.717) is 6.61 Å². The van der Waals surface area contributed by atoms with Gasteiger partial charge in [0.15, 0.2) is 5.96 Å². The lowest BCUT2D eigenvalue weighted by molar-refractivity contribution is 0.313. The molecule has 1 heterocycles. The summed E-state index contributed by atoms with van der Waals surface area (Å²) < 4.78 is 5.72. The largest absolute Gasteiger partial charge is 0.494 e. The smallest absolute Gasteiger partial charge is 0.193 e. The van der Waals surface area contributed by atoms with Crippen LogP contribution in [0.2, 0.25) is 0 Å². The maximum Gasteiger partial charge on any atom is 0.193 e. The van der Waals surface area contributed by atoms with Crippen molar-refractivity contribution in [1.82, 2.24) is 10.2 Å². The Morgan fingerprint density at radius 1 is 1.23 bits per heavy atom. The Balaban J connectivity index is 0.00000242. The van der Waals surface area contributed by atoms with Gasteiger partial charge in [-0.3, -0.25) is 4.99 Å². The number of hydrogen-bond acceptors (Lipinski definition) is 2. The summed E-state index contributed by atoms with van der Waals surface area (Å²) in [7, 11) is 0. The van der Waals surface area contributed by atoms with Crippen LogP contribution >= 0.6 is 24.0 Å². The zero-order valence-electron chi connectivity index (χ0n) is 13.7. The van der Waals surface area contributed by atoms with E-state index in [0.717, 1.165) is 44.3 Å². The fourth-order valence-corrected chi connectivity index (χ4v) is 2.43. The first-order valence-electron chi connectivity index (χ1n) is 8.02. The monoisotopic (exact) mass is 417 g/mol. The number of guanidine groups is 1. The van der Waals surface area contributed by atoms with Gasteiger partial charge in [0.2, 0.25) is 0 Å². The van der Waals surface area contributed by atoms with E-state index in [4.69, 9.17) is 9.73 Å². The molecular formula is C17H28IN3O. The summed E-state index contributed by atoms with van der Waals surface area (Å²) in [5, 5.41) is 3.37. The molecule has 0 radical (unpaired) electrons. The zero-order valence-corrected chi connectivity index (χ0v) is 16.0. The molecule has 1 saturated heterocycles. The molecule has 1 aliphatic rings. The van der Waals surface area contributed by atoms with Crippen molar-refractivity contribution in [3.05, 3.63) is 29.8 Å². The average molecular weight is 417 g/mol. The molecule has 1 aliphatic heterocycles. The molecule has 22 heavy (non-hydrogen) atoms. The highest BCUT2D eigenvalue weighted by Gasteiger charge is 2.14. The highest BCUT2D eigenvalue weighted by atomic mass is 127. The highest BCUT2D eigenvalue weighted by molar-refractivity contribution is 14.0. The van der Waals surface area contributed by atoms with Gasteiger partial charge in [-0.1, -0.05) is 17.7 Å². The van der Waals surface area contributed by atoms with Crippen LogP contribution in [0.5, 0.6) is 5.75 Å². The van der Waals surface area contributed by atoms with Gasteiger partial charge < -0.3 is 15.0 Å². The van der Waals surface area contributed by atoms with Gasteiger partial charge in [0.1, 0.15) is 5.75 Å². The van der Waals surface area contributed by atoms with E-state index in [9.17, 15) is 0 Å². The van der Waals surface area contributed by atoms with Crippen molar-refractivity contribution in [3.8, 4) is 5.75 Å². The van der Waals surface area contributed by atoms with E-state index >= 15 is 0 Å². The number of aryl methyl sites for hydroxylation is 1. The molecule has 5 heteroatoms. The number of likely N-dealkylation sites (tertiary alicyclic amines) is 1. The number of hydrogen-bond donors (Lipinski definition) is 1. The molecule has 1 N–H and O–H groups in total. The average Bonchev–Trinajstić information content (AvgIpc) is 3.02. The van der Waals surface area contributed by atoms with Gasteiger partial charge in [-0.2, -0.15) is 0 Å². The van der Waals surface area contributed by atoms with Gasteiger partial charge in [-0.25, -0.2) is 0 Å². The predicted octanol–water partition coefficient (Wildman–Crippen LogP) is 3.44. The molecule has 0 amide bonds. The van der Waals surface area contributed by atoms with Crippen molar-refractivity contribution < 1.29 is 4.74 Å². The summed E-state index contributed by atoms with van der Waals surface area (Å²) in [6.45, 7) is 8.91. The van der Waals surface area contributed by atoms with Crippen molar-refractivity contribution in [2.75, 3.05) is 32.8 Å². The van der Waals surface area contributed by atoms with Crippen LogP contribution in [0.25, 0.3) is 0 Å². The number of aliphatic imine (C=N–C) groups is 1. The van der Waals surface area contributed by atoms with Crippen molar-refractivity contribution >= 4 is 29.9 Å². The third-order valence-corrected chi connectivity index (χ3v) is 3.59. The number of halogens is 1. The standard InChI is InChI=1S/C17H27N3O.HI/c1-3-18-17(20-12-4-5-13-20)19-11-6-14-21-16-9-7-15(2)8-10-16;/h7-10H,3-6,11-14H2,1-2H3,(H,18,19);1H. The van der Waals surface area contributed by atoms with Crippen LogP contribution in [0.3, 0.4) is 0 Å². The molecule has 124 valence electrons. The third kappa shape index (κ3) is 6.42. The SMILES string of the molecule is CCNC(=NCCCOc1ccc(C)cc1)N1CCCC1.I. The number of ether oxygens (including phenoxy) is 1. The topological polar surface area (TPSA) is 36.9 Å². The summed E-state index contributed by atoms with van der Waals surface area (Å²) in [5.74, 6) is 2.00. The maximum atomic E-state index is 5.72. The number of rotatable bonds is 6. The highest BCUT2D eigenvalue weighted by Crippen LogP contribution is 2.11. The van der Waals surface area contributed by atoms with E-state index in [-0.39, 0.29) is 24.0 Å². The van der Waals surface area contributed by atoms with Gasteiger partial charge >= 0.3 is 0 Å². The Labute approximate surface area is 151 Å². The molecule has 0 spiro atoms. The van der Waals surface area contributed by atoms with Crippen molar-refractivity contribution in [1.29, 1.82) is 0 Å². The second-order valence-corrected chi connectivity index (χ2v) is 5.44. The molecule has 2 rings (SSSR count). The van der Waals surface area contributed by atoms with Gasteiger partial charge in [0.25, 0.3) is 0 Å². The fraction of sp³-hybridized carbons (Fsp3) is 0.588. The Kier molecular flexibility index (Phi) is 9.27. The van der Waals surface area contributed by atoms with Gasteiger partial charge in [-0.05, 0) is 38.8 Å². The molecule has 0 aliphatic carbocycles. The summed E-state index contributed by atoms with van der Waals surface area (Å²) in [5.41, 5.74) is 1.26. The van der Waals surface area contributed by atoms with Gasteiger partial charge in [0, 0.05) is 32.6 Å². The molecule has 4 nitrogen and oxygen atoms in total. The number of benzene rings is 1. The van der Waals surface area contributed by atoms with Crippen LogP contribution in [-0.4, -0.2) is 43.6 Å². The Hall–Kier alpha value is -0.980. The molecule has 1 fully saturated rings. The minimum atomic E-state index is 0. The van der Waals surface area contributed by atoms with Crippen LogP contribution in [0, 0.1) is 6.92 Å². The molecule has 0 saturated carbocycles. The van der Waals surface area contributed by atoms with Crippen LogP contribution in [0.15, 0.2) is 29.3 Å². The van der Waals surface area contributed by atoms with Crippen LogP contribution in [-0.2, 0) is 0 Å². The zero-order chi connectivity index (χ0) is 14.9. The fourth-order valence-electron chi connectivity index (χ4n) is 2.43. The van der Waals surface area contributed by atoms with E-state index in [1.165, 1.54) is 18.4 Å². The first-order chi connectivity index (χ1) is 10.3. The van der Waals surface area contributed by atoms with E-state index in [1.54, 1.807) is 0 Å². The predicted molar refractivity (Wildman–Crippen MR) is 103 cm³/mol. The van der Waals surface area contributed by atoms with Gasteiger partial charge in [-0.15, -0.1) is 24.0 Å². The first-order valence-corrected chi connectivity index (χ1v) is 8.02. The van der Waals surface area contributed by atoms with Gasteiger partial charge in [0.05, 0.1) is 6.61 Å². The second kappa shape index (κ2) is 10.7. The Morgan fingerprint density at radius 2 is 1.91 bits per heavy atom. The Bertz CT molecular complexity index is 442. The maximum absolute atomic E-state index is 5.72. The van der Waals surface area contributed by atoms with E-state index in [1.807, 2.05) is 12.1 Å². The molecule has 0 aromatic heterocycles. The number of nitrogens with one attached hydrogen (secondary N) is 1. The minimum absolute atomic E-state index is 0. The minimum Gasteiger partial charge on any atom is -0.494 e. The van der Waals surface area contributed by atoms with E-state index in [2.05, 4.69) is 36.2 Å². The molecule has 0 bridgehead atoms. The molecular weight excluding hydrogens is 389 g/mol. The summed E-state index contributed by atoms with van der Waals surface area (Å²) in [4.78, 5) is 7.04. The van der Waals surface area contributed by atoms with Crippen molar-refractivity contribution in [3.63, 3.8) is 0 Å².